The molecule has 4 fully saturated rings. The first kappa shape index (κ1) is 18.3. The lowest BCUT2D eigenvalue weighted by molar-refractivity contribution is -0.227. The third-order valence-electron chi connectivity index (χ3n) is 7.26. The molecule has 4 aliphatic rings. The molecule has 2 atom stereocenters. The minimum Gasteiger partial charge on any atom is -0.464 e. The van der Waals surface area contributed by atoms with Gasteiger partial charge in [0.15, 0.2) is 0 Å². The highest BCUT2D eigenvalue weighted by Crippen LogP contribution is 2.62. The summed E-state index contributed by atoms with van der Waals surface area (Å²) in [6.45, 7) is 8.83. The fourth-order valence-corrected chi connectivity index (χ4v) is 6.26. The predicted octanol–water partition coefficient (Wildman–Crippen LogP) is 6.55. The van der Waals surface area contributed by atoms with Gasteiger partial charge in [-0.25, -0.2) is 0 Å². The fourth-order valence-electron chi connectivity index (χ4n) is 6.26. The fraction of sp³-hybridized carbons (Fsp3) is 0.750. The first-order valence-corrected chi connectivity index (χ1v) is 10.9. The molecule has 0 amide bonds. The van der Waals surface area contributed by atoms with Crippen LogP contribution in [0.4, 0.5) is 0 Å². The van der Waals surface area contributed by atoms with Gasteiger partial charge in [-0.2, -0.15) is 0 Å². The van der Waals surface area contributed by atoms with Crippen LogP contribution in [0.15, 0.2) is 24.3 Å². The third kappa shape index (κ3) is 3.54. The maximum Gasteiger partial charge on any atom is 0.205 e. The molecule has 2 nitrogen and oxygen atoms in total. The van der Waals surface area contributed by atoms with Gasteiger partial charge >= 0.3 is 0 Å². The summed E-state index contributed by atoms with van der Waals surface area (Å²) in [6, 6.07) is 8.72. The zero-order valence-electron chi connectivity index (χ0n) is 17.0. The summed E-state index contributed by atoms with van der Waals surface area (Å²) in [5.74, 6) is 4.30. The summed E-state index contributed by atoms with van der Waals surface area (Å²) in [5.41, 5.74) is 1.62. The second-order valence-corrected chi connectivity index (χ2v) is 9.80. The van der Waals surface area contributed by atoms with Gasteiger partial charge in [0.2, 0.25) is 6.29 Å². The second-order valence-electron chi connectivity index (χ2n) is 9.80. The summed E-state index contributed by atoms with van der Waals surface area (Å²) in [6.07, 6.45) is 9.55. The van der Waals surface area contributed by atoms with E-state index < -0.39 is 0 Å². The zero-order chi connectivity index (χ0) is 18.3. The zero-order valence-corrected chi connectivity index (χ0v) is 17.0. The Labute approximate surface area is 159 Å². The van der Waals surface area contributed by atoms with Crippen molar-refractivity contribution in [3.05, 3.63) is 29.8 Å². The van der Waals surface area contributed by atoms with Crippen LogP contribution in [0.3, 0.4) is 0 Å². The van der Waals surface area contributed by atoms with E-state index in [-0.39, 0.29) is 17.8 Å². The van der Waals surface area contributed by atoms with E-state index in [1.54, 1.807) is 0 Å². The monoisotopic (exact) mass is 356 g/mol. The molecule has 144 valence electrons. The molecule has 0 N–H and O–H groups in total. The molecule has 0 radical (unpaired) electrons. The quantitative estimate of drug-likeness (QED) is 0.516. The number of rotatable bonds is 7. The van der Waals surface area contributed by atoms with Gasteiger partial charge in [-0.15, -0.1) is 0 Å². The van der Waals surface area contributed by atoms with Gasteiger partial charge in [-0.3, -0.25) is 0 Å². The van der Waals surface area contributed by atoms with Gasteiger partial charge in [0, 0.05) is 5.41 Å². The van der Waals surface area contributed by atoms with E-state index in [2.05, 4.69) is 52.0 Å². The molecule has 0 aliphatic heterocycles. The molecule has 26 heavy (non-hydrogen) atoms. The Hall–Kier alpha value is -1.02. The normalized spacial score (nSPS) is 34.9. The van der Waals surface area contributed by atoms with Gasteiger partial charge in [0.25, 0.3) is 0 Å². The van der Waals surface area contributed by atoms with E-state index in [0.717, 1.165) is 29.9 Å². The van der Waals surface area contributed by atoms with Crippen LogP contribution in [-0.2, 0) is 4.74 Å². The Morgan fingerprint density at radius 1 is 1.00 bits per heavy atom. The van der Waals surface area contributed by atoms with E-state index >= 15 is 0 Å². The molecule has 2 unspecified atom stereocenters. The van der Waals surface area contributed by atoms with Crippen molar-refractivity contribution in [1.29, 1.82) is 0 Å². The van der Waals surface area contributed by atoms with Crippen LogP contribution in [0.2, 0.25) is 0 Å². The lowest BCUT2D eigenvalue weighted by Crippen LogP contribution is -2.54. The minimum atomic E-state index is -0.0944. The van der Waals surface area contributed by atoms with Crippen LogP contribution >= 0.6 is 0 Å². The molecular formula is C24H36O2. The molecular weight excluding hydrogens is 320 g/mol. The average Bonchev–Trinajstić information content (AvgIpc) is 2.59. The number of hydrogen-bond donors (Lipinski definition) is 0. The molecule has 0 spiro atoms. The minimum absolute atomic E-state index is 0.0944. The second kappa shape index (κ2) is 7.19. The number of ether oxygens (including phenoxy) is 2. The summed E-state index contributed by atoms with van der Waals surface area (Å²) in [5, 5.41) is 0. The standard InChI is InChI=1S/C24H36O2/c1-5-17(4)21-7-6-8-22(12-21)26-23(25-16(2)3)24-13-18-9-19(14-24)11-20(10-18)15-24/h6-8,12,16-20,23H,5,9-11,13-15H2,1-4H3. The number of hydrogen-bond acceptors (Lipinski definition) is 2. The van der Waals surface area contributed by atoms with Gasteiger partial charge in [-0.05, 0) is 100 Å². The first-order valence-electron chi connectivity index (χ1n) is 10.9. The van der Waals surface area contributed by atoms with E-state index in [9.17, 15) is 0 Å². The third-order valence-corrected chi connectivity index (χ3v) is 7.26. The number of benzene rings is 1. The van der Waals surface area contributed by atoms with Gasteiger partial charge in [0.1, 0.15) is 5.75 Å². The summed E-state index contributed by atoms with van der Waals surface area (Å²) >= 11 is 0. The van der Waals surface area contributed by atoms with Gasteiger partial charge in [-0.1, -0.05) is 26.0 Å². The van der Waals surface area contributed by atoms with E-state index in [1.165, 1.54) is 44.1 Å². The molecule has 0 saturated heterocycles. The summed E-state index contributed by atoms with van der Waals surface area (Å²) in [7, 11) is 0. The van der Waals surface area contributed by atoms with Crippen molar-refractivity contribution in [3.63, 3.8) is 0 Å². The SMILES string of the molecule is CCC(C)c1cccc(OC(OC(C)C)C23CC4CC(CC(C4)C2)C3)c1. The lowest BCUT2D eigenvalue weighted by atomic mass is 9.49. The first-order chi connectivity index (χ1) is 12.5. The summed E-state index contributed by atoms with van der Waals surface area (Å²) < 4.78 is 13.1. The van der Waals surface area contributed by atoms with Crippen LogP contribution in [-0.4, -0.2) is 12.4 Å². The Morgan fingerprint density at radius 3 is 2.15 bits per heavy atom. The van der Waals surface area contributed by atoms with Crippen LogP contribution in [0.25, 0.3) is 0 Å². The highest BCUT2D eigenvalue weighted by Gasteiger charge is 2.56. The molecule has 1 aromatic carbocycles. The van der Waals surface area contributed by atoms with Crippen molar-refractivity contribution in [2.24, 2.45) is 23.2 Å². The molecule has 4 aliphatic carbocycles. The van der Waals surface area contributed by atoms with Crippen LogP contribution in [0.1, 0.15) is 84.1 Å². The highest BCUT2D eigenvalue weighted by molar-refractivity contribution is 5.31. The Balaban J connectivity index is 1.58. The molecule has 1 aromatic rings. The largest absolute Gasteiger partial charge is 0.464 e. The molecule has 4 saturated carbocycles. The lowest BCUT2D eigenvalue weighted by Gasteiger charge is -2.58. The molecule has 4 bridgehead atoms. The van der Waals surface area contributed by atoms with E-state index in [4.69, 9.17) is 9.47 Å². The topological polar surface area (TPSA) is 18.5 Å². The Morgan fingerprint density at radius 2 is 1.62 bits per heavy atom. The molecule has 2 heteroatoms. The van der Waals surface area contributed by atoms with Crippen molar-refractivity contribution in [3.8, 4) is 5.75 Å². The molecule has 0 heterocycles. The molecule has 0 aromatic heterocycles. The van der Waals surface area contributed by atoms with Crippen LogP contribution in [0, 0.1) is 23.2 Å². The smallest absolute Gasteiger partial charge is 0.205 e. The van der Waals surface area contributed by atoms with Gasteiger partial charge < -0.3 is 9.47 Å². The average molecular weight is 357 g/mol. The summed E-state index contributed by atoms with van der Waals surface area (Å²) in [4.78, 5) is 0. The van der Waals surface area contributed by atoms with E-state index in [1.807, 2.05) is 0 Å². The van der Waals surface area contributed by atoms with Crippen molar-refractivity contribution >= 4 is 0 Å². The predicted molar refractivity (Wildman–Crippen MR) is 106 cm³/mol. The highest BCUT2D eigenvalue weighted by atomic mass is 16.7. The van der Waals surface area contributed by atoms with Crippen LogP contribution < -0.4 is 4.74 Å². The Bertz CT molecular complexity index is 585. The maximum atomic E-state index is 6.62. The Kier molecular flexibility index (Phi) is 5.07. The maximum absolute atomic E-state index is 6.62. The van der Waals surface area contributed by atoms with Crippen molar-refractivity contribution < 1.29 is 9.47 Å². The van der Waals surface area contributed by atoms with Crippen molar-refractivity contribution in [2.45, 2.75) is 91.0 Å². The van der Waals surface area contributed by atoms with E-state index in [0.29, 0.717) is 5.92 Å². The van der Waals surface area contributed by atoms with Crippen LogP contribution in [0.5, 0.6) is 5.75 Å². The molecule has 5 rings (SSSR count). The van der Waals surface area contributed by atoms with Crippen molar-refractivity contribution in [1.82, 2.24) is 0 Å². The van der Waals surface area contributed by atoms with Crippen molar-refractivity contribution in [2.75, 3.05) is 0 Å². The van der Waals surface area contributed by atoms with Gasteiger partial charge in [0.05, 0.1) is 6.10 Å².